The molecule has 1 aliphatic rings. The van der Waals surface area contributed by atoms with Crippen LogP contribution in [0.3, 0.4) is 0 Å². The average Bonchev–Trinajstić information content (AvgIpc) is 3.32. The van der Waals surface area contributed by atoms with Crippen LogP contribution in [0.25, 0.3) is 10.9 Å². The molecule has 1 saturated heterocycles. The van der Waals surface area contributed by atoms with Gasteiger partial charge in [-0.2, -0.15) is 0 Å². The number of pyridine rings is 1. The summed E-state index contributed by atoms with van der Waals surface area (Å²) in [7, 11) is 1.65. The lowest BCUT2D eigenvalue weighted by atomic mass is 9.97. The molecule has 0 amide bonds. The maximum absolute atomic E-state index is 12.3. The smallest absolute Gasteiger partial charge is 0.310 e. The highest BCUT2D eigenvalue weighted by atomic mass is 16.5. The number of carbonyl (C=O) groups is 1. The molecule has 1 fully saturated rings. The number of methoxy groups -OCH3 is 1. The minimum atomic E-state index is -0.132. The van der Waals surface area contributed by atoms with Crippen LogP contribution >= 0.6 is 0 Å². The van der Waals surface area contributed by atoms with Gasteiger partial charge in [0, 0.05) is 49.3 Å². The summed E-state index contributed by atoms with van der Waals surface area (Å²) in [6.45, 7) is 4.93. The van der Waals surface area contributed by atoms with Crippen LogP contribution in [0.1, 0.15) is 31.0 Å². The molecule has 3 aromatic rings. The number of esters is 1. The molecule has 0 radical (unpaired) electrons. The molecule has 164 valence electrons. The highest BCUT2D eigenvalue weighted by molar-refractivity contribution is 5.83. The molecule has 1 aromatic carbocycles. The molecule has 1 atom stereocenters. The Labute approximate surface area is 181 Å². The number of nitrogens with zero attached hydrogens (tertiary/aromatic N) is 3. The predicted octanol–water partition coefficient (Wildman–Crippen LogP) is 3.30. The Morgan fingerprint density at radius 1 is 1.29 bits per heavy atom. The van der Waals surface area contributed by atoms with Crippen LogP contribution in [0.4, 0.5) is 5.82 Å². The lowest BCUT2D eigenvalue weighted by Gasteiger charge is -2.33. The highest BCUT2D eigenvalue weighted by Crippen LogP contribution is 2.30. The first kappa shape index (κ1) is 21.1. The molecule has 1 aliphatic heterocycles. The first-order valence-corrected chi connectivity index (χ1v) is 10.7. The largest absolute Gasteiger partial charge is 0.497 e. The normalized spacial score (nSPS) is 16.5. The second kappa shape index (κ2) is 9.78. The molecular weight excluding hydrogens is 396 g/mol. The van der Waals surface area contributed by atoms with Gasteiger partial charge >= 0.3 is 5.97 Å². The van der Waals surface area contributed by atoms with E-state index in [9.17, 15) is 4.79 Å². The van der Waals surface area contributed by atoms with E-state index < -0.39 is 0 Å². The Morgan fingerprint density at radius 3 is 2.97 bits per heavy atom. The Hall–Kier alpha value is -3.13. The van der Waals surface area contributed by atoms with Crippen molar-refractivity contribution in [3.05, 3.63) is 47.9 Å². The number of hydrogen-bond acceptors (Lipinski definition) is 8. The summed E-state index contributed by atoms with van der Waals surface area (Å²) in [5, 5.41) is 8.41. The average molecular weight is 425 g/mol. The Morgan fingerprint density at radius 2 is 2.19 bits per heavy atom. The van der Waals surface area contributed by atoms with E-state index in [-0.39, 0.29) is 11.9 Å². The van der Waals surface area contributed by atoms with Crippen LogP contribution in [0.2, 0.25) is 0 Å². The van der Waals surface area contributed by atoms with Crippen LogP contribution in [0, 0.1) is 5.92 Å². The fourth-order valence-corrected chi connectivity index (χ4v) is 3.99. The molecule has 4 rings (SSSR count). The van der Waals surface area contributed by atoms with Gasteiger partial charge in [-0.25, -0.2) is 4.98 Å². The van der Waals surface area contributed by atoms with Crippen molar-refractivity contribution < 1.29 is 18.8 Å². The highest BCUT2D eigenvalue weighted by Gasteiger charge is 2.28. The van der Waals surface area contributed by atoms with Crippen molar-refractivity contribution >= 4 is 22.7 Å². The number of fused-ring (bicyclic) bond motifs is 1. The molecule has 0 spiro atoms. The molecule has 8 nitrogen and oxygen atoms in total. The summed E-state index contributed by atoms with van der Waals surface area (Å²) >= 11 is 0. The van der Waals surface area contributed by atoms with E-state index >= 15 is 0 Å². The van der Waals surface area contributed by atoms with Gasteiger partial charge in [0.1, 0.15) is 17.8 Å². The van der Waals surface area contributed by atoms with Crippen LogP contribution < -0.4 is 15.0 Å². The van der Waals surface area contributed by atoms with Crippen LogP contribution in [0.5, 0.6) is 5.75 Å². The summed E-state index contributed by atoms with van der Waals surface area (Å²) in [5.41, 5.74) is 2.79. The van der Waals surface area contributed by atoms with Crippen molar-refractivity contribution in [2.24, 2.45) is 5.92 Å². The van der Waals surface area contributed by atoms with Gasteiger partial charge in [-0.05, 0) is 38.0 Å². The fourth-order valence-electron chi connectivity index (χ4n) is 3.99. The third kappa shape index (κ3) is 4.96. The lowest BCUT2D eigenvalue weighted by molar-refractivity contribution is -0.148. The second-order valence-electron chi connectivity index (χ2n) is 7.66. The van der Waals surface area contributed by atoms with Gasteiger partial charge in [0.15, 0.2) is 0 Å². The van der Waals surface area contributed by atoms with Gasteiger partial charge in [0.05, 0.1) is 30.8 Å². The van der Waals surface area contributed by atoms with Gasteiger partial charge in [-0.15, -0.1) is 0 Å². The van der Waals surface area contributed by atoms with Crippen molar-refractivity contribution in [1.82, 2.24) is 15.5 Å². The maximum atomic E-state index is 12.3. The number of carbonyl (C=O) groups excluding carboxylic acids is 1. The van der Waals surface area contributed by atoms with Crippen molar-refractivity contribution in [3.63, 3.8) is 0 Å². The van der Waals surface area contributed by atoms with Gasteiger partial charge in [-0.3, -0.25) is 4.79 Å². The predicted molar refractivity (Wildman–Crippen MR) is 117 cm³/mol. The van der Waals surface area contributed by atoms with Crippen LogP contribution in [0.15, 0.2) is 41.1 Å². The third-order valence-electron chi connectivity index (χ3n) is 5.53. The quantitative estimate of drug-likeness (QED) is 0.551. The lowest BCUT2D eigenvalue weighted by Crippen LogP contribution is -2.40. The van der Waals surface area contributed by atoms with Crippen molar-refractivity contribution in [1.29, 1.82) is 0 Å². The molecule has 0 aliphatic carbocycles. The maximum Gasteiger partial charge on any atom is 0.310 e. The molecule has 8 heteroatoms. The number of piperidine rings is 1. The van der Waals surface area contributed by atoms with E-state index in [1.165, 1.54) is 0 Å². The first-order valence-electron chi connectivity index (χ1n) is 10.7. The van der Waals surface area contributed by atoms with Gasteiger partial charge in [0.2, 0.25) is 0 Å². The van der Waals surface area contributed by atoms with Crippen LogP contribution in [-0.2, 0) is 22.6 Å². The van der Waals surface area contributed by atoms with E-state index in [0.29, 0.717) is 26.2 Å². The fraction of sp³-hybridized carbons (Fsp3) is 0.435. The molecule has 1 unspecified atom stereocenters. The van der Waals surface area contributed by atoms with Crippen molar-refractivity contribution in [2.75, 3.05) is 31.7 Å². The minimum absolute atomic E-state index is 0.125. The number of benzene rings is 1. The van der Waals surface area contributed by atoms with E-state index in [4.69, 9.17) is 19.0 Å². The van der Waals surface area contributed by atoms with Gasteiger partial charge in [0.25, 0.3) is 0 Å². The van der Waals surface area contributed by atoms with Crippen LogP contribution in [-0.4, -0.2) is 42.9 Å². The summed E-state index contributed by atoms with van der Waals surface area (Å²) in [6, 6.07) is 9.89. The molecule has 3 heterocycles. The van der Waals surface area contributed by atoms with E-state index in [1.807, 2.05) is 31.2 Å². The Bertz CT molecular complexity index is 1020. The second-order valence-corrected chi connectivity index (χ2v) is 7.66. The summed E-state index contributed by atoms with van der Waals surface area (Å²) in [6.07, 6.45) is 3.33. The van der Waals surface area contributed by atoms with E-state index in [0.717, 1.165) is 53.1 Å². The summed E-state index contributed by atoms with van der Waals surface area (Å²) in [5.74, 6) is 1.40. The molecular formula is C23H28N4O4. The Kier molecular flexibility index (Phi) is 6.66. The number of hydrogen-bond donors (Lipinski definition) is 1. The topological polar surface area (TPSA) is 89.7 Å². The van der Waals surface area contributed by atoms with E-state index in [2.05, 4.69) is 21.4 Å². The number of aromatic nitrogens is 2. The zero-order valence-corrected chi connectivity index (χ0v) is 18.0. The van der Waals surface area contributed by atoms with Crippen molar-refractivity contribution in [3.8, 4) is 5.75 Å². The van der Waals surface area contributed by atoms with Gasteiger partial charge in [-0.1, -0.05) is 5.16 Å². The van der Waals surface area contributed by atoms with Gasteiger partial charge < -0.3 is 24.2 Å². The number of rotatable bonds is 8. The van der Waals surface area contributed by atoms with Crippen molar-refractivity contribution in [2.45, 2.75) is 32.9 Å². The molecule has 1 N–H and O–H groups in total. The SMILES string of the molecule is CCOC(=O)C1CCCN(c2nc3cc(OC)ccc3cc2CNCc2ccon2)C1. The standard InChI is InChI=1S/C23H28N4O4/c1-3-30-23(28)17-5-4-9-27(15-17)22-18(13-24-14-19-8-10-31-26-19)11-16-6-7-20(29-2)12-21(16)25-22/h6-8,10-12,17,24H,3-5,9,13-15H2,1-2H3. The summed E-state index contributed by atoms with van der Waals surface area (Å²) in [4.78, 5) is 19.5. The molecule has 2 aromatic heterocycles. The minimum Gasteiger partial charge on any atom is -0.497 e. The number of nitrogens with one attached hydrogen (secondary N) is 1. The molecule has 31 heavy (non-hydrogen) atoms. The monoisotopic (exact) mass is 424 g/mol. The molecule has 0 saturated carbocycles. The molecule has 0 bridgehead atoms. The van der Waals surface area contributed by atoms with E-state index in [1.54, 1.807) is 13.4 Å². The summed E-state index contributed by atoms with van der Waals surface area (Å²) < 4.78 is 15.6. The number of ether oxygens (including phenoxy) is 2. The number of anilines is 1. The Balaban J connectivity index is 1.62. The first-order chi connectivity index (χ1) is 15.2. The zero-order chi connectivity index (χ0) is 21.6. The zero-order valence-electron chi connectivity index (χ0n) is 18.0. The third-order valence-corrected chi connectivity index (χ3v) is 5.53.